The predicted molar refractivity (Wildman–Crippen MR) is 92.5 cm³/mol. The molecule has 0 saturated heterocycles. The van der Waals surface area contributed by atoms with Gasteiger partial charge in [0.15, 0.2) is 0 Å². The van der Waals surface area contributed by atoms with Gasteiger partial charge in [0.1, 0.15) is 0 Å². The number of nitrogens with zero attached hydrogens (tertiary/aromatic N) is 1. The first kappa shape index (κ1) is 18.9. The van der Waals surface area contributed by atoms with Gasteiger partial charge in [-0.15, -0.1) is 0 Å². The SMILES string of the molecule is CCOC(=O)c1cc(C(=O)NC2CCCC(C)C2C)cc([N+](=O)[O-])c1. The van der Waals surface area contributed by atoms with E-state index in [2.05, 4.69) is 19.2 Å². The highest BCUT2D eigenvalue weighted by molar-refractivity contribution is 5.99. The highest BCUT2D eigenvalue weighted by Gasteiger charge is 2.29. The smallest absolute Gasteiger partial charge is 0.338 e. The van der Waals surface area contributed by atoms with Crippen molar-refractivity contribution < 1.29 is 19.2 Å². The first-order chi connectivity index (χ1) is 11.8. The average molecular weight is 348 g/mol. The molecule has 1 aliphatic carbocycles. The maximum atomic E-state index is 12.6. The molecule has 1 aromatic rings. The summed E-state index contributed by atoms with van der Waals surface area (Å²) in [6, 6.07) is 3.69. The maximum Gasteiger partial charge on any atom is 0.338 e. The Morgan fingerprint density at radius 1 is 1.24 bits per heavy atom. The summed E-state index contributed by atoms with van der Waals surface area (Å²) in [7, 11) is 0. The Kier molecular flexibility index (Phi) is 6.12. The lowest BCUT2D eigenvalue weighted by molar-refractivity contribution is -0.384. The van der Waals surface area contributed by atoms with Gasteiger partial charge in [0.05, 0.1) is 17.1 Å². The molecule has 1 aromatic carbocycles. The number of amides is 1. The second-order valence-electron chi connectivity index (χ2n) is 6.59. The molecule has 25 heavy (non-hydrogen) atoms. The molecule has 1 fully saturated rings. The van der Waals surface area contributed by atoms with E-state index >= 15 is 0 Å². The van der Waals surface area contributed by atoms with Crippen molar-refractivity contribution in [2.75, 3.05) is 6.61 Å². The van der Waals surface area contributed by atoms with Gasteiger partial charge in [-0.25, -0.2) is 4.79 Å². The van der Waals surface area contributed by atoms with Gasteiger partial charge < -0.3 is 10.1 Å². The molecule has 1 N–H and O–H groups in total. The molecule has 1 aliphatic rings. The number of nitrogens with one attached hydrogen (secondary N) is 1. The number of benzene rings is 1. The first-order valence-electron chi connectivity index (χ1n) is 8.61. The normalized spacial score (nSPS) is 22.9. The van der Waals surface area contributed by atoms with Crippen molar-refractivity contribution in [2.24, 2.45) is 11.8 Å². The average Bonchev–Trinajstić information content (AvgIpc) is 2.58. The Morgan fingerprint density at radius 3 is 2.56 bits per heavy atom. The quantitative estimate of drug-likeness (QED) is 0.500. The highest BCUT2D eigenvalue weighted by atomic mass is 16.6. The van der Waals surface area contributed by atoms with Crippen LogP contribution in [0.3, 0.4) is 0 Å². The molecule has 1 amide bonds. The van der Waals surface area contributed by atoms with E-state index in [4.69, 9.17) is 4.74 Å². The zero-order valence-corrected chi connectivity index (χ0v) is 14.8. The van der Waals surface area contributed by atoms with Crippen LogP contribution in [-0.2, 0) is 4.74 Å². The van der Waals surface area contributed by atoms with Crippen molar-refractivity contribution in [1.29, 1.82) is 0 Å². The number of carbonyl (C=O) groups excluding carboxylic acids is 2. The van der Waals surface area contributed by atoms with Crippen LogP contribution in [0.25, 0.3) is 0 Å². The fourth-order valence-corrected chi connectivity index (χ4v) is 3.22. The van der Waals surface area contributed by atoms with Crippen LogP contribution in [-0.4, -0.2) is 29.4 Å². The van der Waals surface area contributed by atoms with Gasteiger partial charge in [0, 0.05) is 23.7 Å². The second kappa shape index (κ2) is 8.09. The highest BCUT2D eigenvalue weighted by Crippen LogP contribution is 2.30. The summed E-state index contributed by atoms with van der Waals surface area (Å²) in [5, 5.41) is 14.1. The number of hydrogen-bond acceptors (Lipinski definition) is 5. The van der Waals surface area contributed by atoms with E-state index in [9.17, 15) is 19.7 Å². The second-order valence-corrected chi connectivity index (χ2v) is 6.59. The minimum Gasteiger partial charge on any atom is -0.462 e. The van der Waals surface area contributed by atoms with Gasteiger partial charge in [-0.1, -0.05) is 26.7 Å². The number of esters is 1. The molecule has 2 rings (SSSR count). The molecule has 0 bridgehead atoms. The van der Waals surface area contributed by atoms with Gasteiger partial charge in [-0.05, 0) is 31.2 Å². The van der Waals surface area contributed by atoms with Crippen LogP contribution in [0.15, 0.2) is 18.2 Å². The largest absolute Gasteiger partial charge is 0.462 e. The van der Waals surface area contributed by atoms with Crippen LogP contribution in [0.5, 0.6) is 0 Å². The van der Waals surface area contributed by atoms with E-state index in [1.165, 1.54) is 12.1 Å². The van der Waals surface area contributed by atoms with Crippen molar-refractivity contribution in [1.82, 2.24) is 5.32 Å². The fraction of sp³-hybridized carbons (Fsp3) is 0.556. The van der Waals surface area contributed by atoms with E-state index in [1.807, 2.05) is 0 Å². The molecule has 1 saturated carbocycles. The van der Waals surface area contributed by atoms with Crippen molar-refractivity contribution in [2.45, 2.75) is 46.1 Å². The number of nitro groups is 1. The molecule has 136 valence electrons. The Hall–Kier alpha value is -2.44. The van der Waals surface area contributed by atoms with Gasteiger partial charge in [-0.2, -0.15) is 0 Å². The Balaban J connectivity index is 2.25. The van der Waals surface area contributed by atoms with E-state index in [0.717, 1.165) is 25.3 Å². The van der Waals surface area contributed by atoms with Crippen LogP contribution < -0.4 is 5.32 Å². The van der Waals surface area contributed by atoms with Gasteiger partial charge in [-0.3, -0.25) is 14.9 Å². The lowest BCUT2D eigenvalue weighted by Crippen LogP contribution is -2.43. The Labute approximate surface area is 146 Å². The number of carbonyl (C=O) groups is 2. The van der Waals surface area contributed by atoms with Crippen LogP contribution in [0, 0.1) is 22.0 Å². The molecule has 7 heteroatoms. The topological polar surface area (TPSA) is 98.5 Å². The van der Waals surface area contributed by atoms with Crippen LogP contribution >= 0.6 is 0 Å². The molecule has 7 nitrogen and oxygen atoms in total. The maximum absolute atomic E-state index is 12.6. The summed E-state index contributed by atoms with van der Waals surface area (Å²) < 4.78 is 4.89. The summed E-state index contributed by atoms with van der Waals surface area (Å²) in [5.74, 6) is -0.236. The summed E-state index contributed by atoms with van der Waals surface area (Å²) in [6.07, 6.45) is 3.06. The van der Waals surface area contributed by atoms with Crippen LogP contribution in [0.1, 0.15) is 60.7 Å². The zero-order chi connectivity index (χ0) is 18.6. The molecule has 0 aliphatic heterocycles. The van der Waals surface area contributed by atoms with Crippen molar-refractivity contribution in [3.63, 3.8) is 0 Å². The predicted octanol–water partition coefficient (Wildman–Crippen LogP) is 3.33. The monoisotopic (exact) mass is 348 g/mol. The molecule has 3 unspecified atom stereocenters. The molecule has 0 aromatic heterocycles. The zero-order valence-electron chi connectivity index (χ0n) is 14.8. The molecular formula is C18H24N2O5. The number of rotatable bonds is 5. The molecule has 0 heterocycles. The Morgan fingerprint density at radius 2 is 1.92 bits per heavy atom. The third-order valence-electron chi connectivity index (χ3n) is 4.93. The number of hydrogen-bond donors (Lipinski definition) is 1. The standard InChI is InChI=1S/C18H24N2O5/c1-4-25-18(22)14-8-13(9-15(10-14)20(23)24)17(21)19-16-7-5-6-11(2)12(16)3/h8-12,16H,4-7H2,1-3H3,(H,19,21). The van der Waals surface area contributed by atoms with E-state index in [-0.39, 0.29) is 29.5 Å². The van der Waals surface area contributed by atoms with E-state index in [1.54, 1.807) is 6.92 Å². The molecule has 0 spiro atoms. The number of ether oxygens (including phenoxy) is 1. The van der Waals surface area contributed by atoms with E-state index in [0.29, 0.717) is 11.8 Å². The fourth-order valence-electron chi connectivity index (χ4n) is 3.22. The molecular weight excluding hydrogens is 324 g/mol. The van der Waals surface area contributed by atoms with Gasteiger partial charge in [0.25, 0.3) is 11.6 Å². The minimum atomic E-state index is -0.681. The Bertz CT molecular complexity index is 673. The summed E-state index contributed by atoms with van der Waals surface area (Å²) >= 11 is 0. The summed E-state index contributed by atoms with van der Waals surface area (Å²) in [4.78, 5) is 35.0. The summed E-state index contributed by atoms with van der Waals surface area (Å²) in [6.45, 7) is 6.07. The molecule has 0 radical (unpaired) electrons. The number of non-ortho nitro benzene ring substituents is 1. The summed E-state index contributed by atoms with van der Waals surface area (Å²) in [5.41, 5.74) is -0.199. The van der Waals surface area contributed by atoms with Crippen molar-refractivity contribution in [3.05, 3.63) is 39.4 Å². The third-order valence-corrected chi connectivity index (χ3v) is 4.93. The van der Waals surface area contributed by atoms with Crippen LogP contribution in [0.4, 0.5) is 5.69 Å². The van der Waals surface area contributed by atoms with Crippen molar-refractivity contribution in [3.8, 4) is 0 Å². The van der Waals surface area contributed by atoms with E-state index < -0.39 is 16.8 Å². The molecule has 3 atom stereocenters. The van der Waals surface area contributed by atoms with Gasteiger partial charge >= 0.3 is 5.97 Å². The van der Waals surface area contributed by atoms with Crippen LogP contribution in [0.2, 0.25) is 0 Å². The first-order valence-corrected chi connectivity index (χ1v) is 8.61. The number of nitro benzene ring substituents is 1. The minimum absolute atomic E-state index is 0.00580. The lowest BCUT2D eigenvalue weighted by Gasteiger charge is -2.34. The van der Waals surface area contributed by atoms with Gasteiger partial charge in [0.2, 0.25) is 0 Å². The lowest BCUT2D eigenvalue weighted by atomic mass is 9.78. The third kappa shape index (κ3) is 4.55. The van der Waals surface area contributed by atoms with Crippen molar-refractivity contribution >= 4 is 17.6 Å².